The summed E-state index contributed by atoms with van der Waals surface area (Å²) in [5.74, 6) is 0. The molecule has 0 fully saturated rings. The minimum atomic E-state index is 0.247. The Morgan fingerprint density at radius 3 is 2.62 bits per heavy atom. The molecule has 0 spiro atoms. The lowest BCUT2D eigenvalue weighted by atomic mass is 9.99. The van der Waals surface area contributed by atoms with Crippen molar-refractivity contribution in [2.75, 3.05) is 6.54 Å². The summed E-state index contributed by atoms with van der Waals surface area (Å²) < 4.78 is 0.927. The van der Waals surface area contributed by atoms with Gasteiger partial charge in [-0.3, -0.25) is 0 Å². The van der Waals surface area contributed by atoms with Crippen LogP contribution in [0.15, 0.2) is 46.9 Å². The largest absolute Gasteiger partial charge is 0.310 e. The van der Waals surface area contributed by atoms with Gasteiger partial charge in [0.25, 0.3) is 0 Å². The fraction of sp³-hybridized carbons (Fsp3) is 0.294. The van der Waals surface area contributed by atoms with E-state index >= 15 is 0 Å². The molecule has 0 aromatic heterocycles. The molecule has 0 amide bonds. The highest BCUT2D eigenvalue weighted by Crippen LogP contribution is 2.28. The van der Waals surface area contributed by atoms with Gasteiger partial charge in [-0.15, -0.1) is 0 Å². The fourth-order valence-corrected chi connectivity index (χ4v) is 2.98. The van der Waals surface area contributed by atoms with Gasteiger partial charge >= 0.3 is 0 Å². The zero-order valence-corrected chi connectivity index (χ0v) is 15.0. The lowest BCUT2D eigenvalue weighted by Gasteiger charge is -2.20. The van der Waals surface area contributed by atoms with Crippen LogP contribution in [0.1, 0.15) is 30.5 Å². The first-order valence-corrected chi connectivity index (χ1v) is 8.58. The molecule has 4 heteroatoms. The van der Waals surface area contributed by atoms with Crippen LogP contribution in [-0.2, 0) is 6.42 Å². The first-order chi connectivity index (χ1) is 10.1. The second kappa shape index (κ2) is 8.19. The van der Waals surface area contributed by atoms with Crippen molar-refractivity contribution in [2.24, 2.45) is 0 Å². The maximum absolute atomic E-state index is 6.09. The molecule has 112 valence electrons. The van der Waals surface area contributed by atoms with Gasteiger partial charge in [-0.1, -0.05) is 48.3 Å². The van der Waals surface area contributed by atoms with E-state index in [2.05, 4.69) is 46.4 Å². The van der Waals surface area contributed by atoms with Gasteiger partial charge in [-0.2, -0.15) is 0 Å². The van der Waals surface area contributed by atoms with Crippen molar-refractivity contribution < 1.29 is 0 Å². The lowest BCUT2D eigenvalue weighted by molar-refractivity contribution is 0.529. The summed E-state index contributed by atoms with van der Waals surface area (Å²) in [6, 6.07) is 14.4. The molecule has 0 aliphatic heterocycles. The summed E-state index contributed by atoms with van der Waals surface area (Å²) in [4.78, 5) is 0. The van der Waals surface area contributed by atoms with Gasteiger partial charge in [-0.05, 0) is 70.7 Å². The normalized spacial score (nSPS) is 12.4. The van der Waals surface area contributed by atoms with Gasteiger partial charge in [0.2, 0.25) is 0 Å². The Morgan fingerprint density at radius 2 is 1.95 bits per heavy atom. The van der Waals surface area contributed by atoms with Gasteiger partial charge < -0.3 is 5.32 Å². The zero-order chi connectivity index (χ0) is 15.2. The highest BCUT2D eigenvalue weighted by molar-refractivity contribution is 9.10. The van der Waals surface area contributed by atoms with Crippen LogP contribution in [0, 0.1) is 0 Å². The first kappa shape index (κ1) is 16.8. The molecule has 21 heavy (non-hydrogen) atoms. The van der Waals surface area contributed by atoms with Crippen molar-refractivity contribution in [1.29, 1.82) is 0 Å². The van der Waals surface area contributed by atoms with Gasteiger partial charge in [0.15, 0.2) is 0 Å². The Bertz CT molecular complexity index is 601. The predicted octanol–water partition coefficient (Wildman–Crippen LogP) is 6.04. The van der Waals surface area contributed by atoms with E-state index in [1.54, 1.807) is 0 Å². The monoisotopic (exact) mass is 385 g/mol. The minimum absolute atomic E-state index is 0.247. The van der Waals surface area contributed by atoms with E-state index in [1.165, 1.54) is 11.1 Å². The molecule has 2 aromatic carbocycles. The van der Waals surface area contributed by atoms with E-state index in [-0.39, 0.29) is 6.04 Å². The van der Waals surface area contributed by atoms with Crippen LogP contribution in [0.2, 0.25) is 10.0 Å². The summed E-state index contributed by atoms with van der Waals surface area (Å²) in [5.41, 5.74) is 2.45. The van der Waals surface area contributed by atoms with Crippen molar-refractivity contribution in [3.05, 3.63) is 68.1 Å². The summed E-state index contributed by atoms with van der Waals surface area (Å²) in [6.45, 7) is 3.15. The smallest absolute Gasteiger partial charge is 0.0548 e. The molecule has 0 heterocycles. The molecule has 0 aliphatic rings. The summed E-state index contributed by atoms with van der Waals surface area (Å²) in [6.07, 6.45) is 2.00. The van der Waals surface area contributed by atoms with E-state index in [9.17, 15) is 0 Å². The van der Waals surface area contributed by atoms with Gasteiger partial charge in [0.1, 0.15) is 0 Å². The topological polar surface area (TPSA) is 12.0 Å². The number of hydrogen-bond acceptors (Lipinski definition) is 1. The average Bonchev–Trinajstić information content (AvgIpc) is 2.46. The van der Waals surface area contributed by atoms with Crippen LogP contribution in [-0.4, -0.2) is 6.54 Å². The van der Waals surface area contributed by atoms with E-state index in [4.69, 9.17) is 23.2 Å². The average molecular weight is 387 g/mol. The third kappa shape index (κ3) is 5.00. The van der Waals surface area contributed by atoms with Crippen LogP contribution in [0.5, 0.6) is 0 Å². The fourth-order valence-electron chi connectivity index (χ4n) is 2.26. The van der Waals surface area contributed by atoms with Crippen LogP contribution in [0.3, 0.4) is 0 Å². The molecular formula is C17H18BrCl2N. The van der Waals surface area contributed by atoms with Crippen LogP contribution >= 0.6 is 39.1 Å². The second-order valence-electron chi connectivity index (χ2n) is 5.01. The van der Waals surface area contributed by atoms with Gasteiger partial charge in [-0.25, -0.2) is 0 Å². The van der Waals surface area contributed by atoms with Gasteiger partial charge in [0.05, 0.1) is 5.02 Å². The van der Waals surface area contributed by atoms with Crippen LogP contribution in [0.4, 0.5) is 0 Å². The molecule has 0 saturated carbocycles. The molecule has 2 aromatic rings. The molecule has 1 N–H and O–H groups in total. The molecule has 1 nitrogen and oxygen atoms in total. The maximum Gasteiger partial charge on any atom is 0.0548 e. The highest BCUT2D eigenvalue weighted by Gasteiger charge is 2.13. The Balaban J connectivity index is 2.22. The molecule has 0 bridgehead atoms. The number of rotatable bonds is 6. The summed E-state index contributed by atoms with van der Waals surface area (Å²) in [7, 11) is 0. The Hall–Kier alpha value is -0.540. The van der Waals surface area contributed by atoms with E-state index in [1.807, 2.05) is 24.3 Å². The number of nitrogens with one attached hydrogen (secondary N) is 1. The lowest BCUT2D eigenvalue weighted by Crippen LogP contribution is -2.24. The molecule has 2 rings (SSSR count). The van der Waals surface area contributed by atoms with Crippen LogP contribution < -0.4 is 5.32 Å². The molecule has 1 atom stereocenters. The third-order valence-electron chi connectivity index (χ3n) is 3.32. The van der Waals surface area contributed by atoms with Gasteiger partial charge in [0, 0.05) is 15.5 Å². The minimum Gasteiger partial charge on any atom is -0.310 e. The Morgan fingerprint density at radius 1 is 1.14 bits per heavy atom. The molecule has 0 saturated heterocycles. The maximum atomic E-state index is 6.09. The zero-order valence-electron chi connectivity index (χ0n) is 11.9. The van der Waals surface area contributed by atoms with Crippen LogP contribution in [0.25, 0.3) is 0 Å². The number of hydrogen-bond donors (Lipinski definition) is 1. The Kier molecular flexibility index (Phi) is 6.56. The highest BCUT2D eigenvalue weighted by atomic mass is 79.9. The molecule has 0 radical (unpaired) electrons. The molecule has 0 aliphatic carbocycles. The van der Waals surface area contributed by atoms with E-state index < -0.39 is 0 Å². The second-order valence-corrected chi connectivity index (χ2v) is 6.71. The summed E-state index contributed by atoms with van der Waals surface area (Å²) >= 11 is 15.7. The summed E-state index contributed by atoms with van der Waals surface area (Å²) in [5, 5.41) is 5.10. The van der Waals surface area contributed by atoms with Crippen molar-refractivity contribution in [3.63, 3.8) is 0 Å². The van der Waals surface area contributed by atoms with Crippen molar-refractivity contribution in [3.8, 4) is 0 Å². The number of halogens is 3. The van der Waals surface area contributed by atoms with Crippen molar-refractivity contribution in [1.82, 2.24) is 5.32 Å². The van der Waals surface area contributed by atoms with E-state index in [0.717, 1.165) is 33.9 Å². The SMILES string of the molecule is CCCNC(Cc1cccc(Cl)c1)c1ccc(Cl)c(Br)c1. The van der Waals surface area contributed by atoms with Crippen molar-refractivity contribution >= 4 is 39.1 Å². The predicted molar refractivity (Wildman–Crippen MR) is 95.3 cm³/mol. The third-order valence-corrected chi connectivity index (χ3v) is 4.76. The Labute approximate surface area is 144 Å². The van der Waals surface area contributed by atoms with Crippen molar-refractivity contribution in [2.45, 2.75) is 25.8 Å². The molecular weight excluding hydrogens is 369 g/mol. The molecule has 1 unspecified atom stereocenters. The number of benzene rings is 2. The standard InChI is InChI=1S/C17H18BrCl2N/c1-2-8-21-17(10-12-4-3-5-14(19)9-12)13-6-7-16(20)15(18)11-13/h3-7,9,11,17,21H,2,8,10H2,1H3. The van der Waals surface area contributed by atoms with E-state index in [0.29, 0.717) is 0 Å². The first-order valence-electron chi connectivity index (χ1n) is 7.03. The quantitative estimate of drug-likeness (QED) is 0.638.